The normalized spacial score (nSPS) is 11.3. The van der Waals surface area contributed by atoms with Gasteiger partial charge in [-0.3, -0.25) is 0 Å². The Hall–Kier alpha value is -1.45. The second-order valence-electron chi connectivity index (χ2n) is 3.54. The molecule has 0 saturated heterocycles. The first-order valence-electron chi connectivity index (χ1n) is 5.03. The van der Waals surface area contributed by atoms with Crippen LogP contribution in [-0.2, 0) is 15.5 Å². The van der Waals surface area contributed by atoms with E-state index in [1.807, 2.05) is 0 Å². The van der Waals surface area contributed by atoms with Crippen molar-refractivity contribution in [2.45, 2.75) is 26.7 Å². The van der Waals surface area contributed by atoms with Gasteiger partial charge in [0.25, 0.3) is 0 Å². The molecule has 0 aliphatic carbocycles. The molecule has 4 heteroatoms. The first-order valence-corrected chi connectivity index (χ1v) is 5.03. The second-order valence-corrected chi connectivity index (χ2v) is 3.54. The molecule has 0 aliphatic rings. The highest BCUT2D eigenvalue weighted by Crippen LogP contribution is 2.32. The third kappa shape index (κ3) is 2.21. The van der Waals surface area contributed by atoms with E-state index >= 15 is 0 Å². The summed E-state index contributed by atoms with van der Waals surface area (Å²) in [5, 5.41) is 0. The number of ether oxygens (including phenoxy) is 1. The van der Waals surface area contributed by atoms with Crippen LogP contribution < -0.4 is 0 Å². The van der Waals surface area contributed by atoms with E-state index in [9.17, 15) is 13.6 Å². The van der Waals surface area contributed by atoms with Gasteiger partial charge in [-0.2, -0.15) is 8.78 Å². The van der Waals surface area contributed by atoms with Crippen LogP contribution in [0.1, 0.15) is 23.6 Å². The van der Waals surface area contributed by atoms with E-state index in [-0.39, 0.29) is 12.2 Å². The molecule has 1 rings (SSSR count). The van der Waals surface area contributed by atoms with Gasteiger partial charge in [-0.15, -0.1) is 0 Å². The first-order chi connectivity index (χ1) is 7.41. The molecule has 88 valence electrons. The van der Waals surface area contributed by atoms with Crippen LogP contribution in [0.4, 0.5) is 8.78 Å². The van der Waals surface area contributed by atoms with Crippen LogP contribution in [0, 0.1) is 13.8 Å². The first kappa shape index (κ1) is 12.6. The quantitative estimate of drug-likeness (QED) is 0.743. The van der Waals surface area contributed by atoms with Gasteiger partial charge in [-0.25, -0.2) is 4.79 Å². The average molecular weight is 228 g/mol. The van der Waals surface area contributed by atoms with Crippen molar-refractivity contribution in [1.82, 2.24) is 0 Å². The zero-order chi connectivity index (χ0) is 12.3. The smallest absolute Gasteiger partial charge is 0.381 e. The number of benzene rings is 1. The maximum absolute atomic E-state index is 13.7. The molecule has 2 nitrogen and oxygen atoms in total. The fourth-order valence-electron chi connectivity index (χ4n) is 1.42. The van der Waals surface area contributed by atoms with Gasteiger partial charge in [-0.1, -0.05) is 18.2 Å². The number of aryl methyl sites for hydroxylation is 1. The van der Waals surface area contributed by atoms with E-state index in [4.69, 9.17) is 0 Å². The number of rotatable bonds is 3. The summed E-state index contributed by atoms with van der Waals surface area (Å²) >= 11 is 0. The van der Waals surface area contributed by atoms with Crippen LogP contribution in [0.3, 0.4) is 0 Å². The Balaban J connectivity index is 3.16. The minimum atomic E-state index is -3.58. The molecule has 0 atom stereocenters. The van der Waals surface area contributed by atoms with Gasteiger partial charge in [0.2, 0.25) is 0 Å². The van der Waals surface area contributed by atoms with Crippen molar-refractivity contribution in [1.29, 1.82) is 0 Å². The van der Waals surface area contributed by atoms with E-state index in [2.05, 4.69) is 4.74 Å². The molecule has 0 spiro atoms. The molecule has 0 N–H and O–H groups in total. The molecule has 0 amide bonds. The second kappa shape index (κ2) is 4.60. The van der Waals surface area contributed by atoms with Crippen molar-refractivity contribution in [3.8, 4) is 0 Å². The van der Waals surface area contributed by atoms with Gasteiger partial charge in [0.15, 0.2) is 0 Å². The number of hydrogen-bond acceptors (Lipinski definition) is 2. The van der Waals surface area contributed by atoms with Gasteiger partial charge in [0, 0.05) is 5.56 Å². The molecule has 1 aromatic rings. The highest BCUT2D eigenvalue weighted by atomic mass is 19.3. The monoisotopic (exact) mass is 228 g/mol. The minimum absolute atomic E-state index is 0.0563. The van der Waals surface area contributed by atoms with Crippen LogP contribution in [-0.4, -0.2) is 12.6 Å². The highest BCUT2D eigenvalue weighted by molar-refractivity contribution is 5.80. The van der Waals surface area contributed by atoms with E-state index in [0.717, 1.165) is 5.56 Å². The topological polar surface area (TPSA) is 26.3 Å². The molecule has 0 radical (unpaired) electrons. The third-order valence-electron chi connectivity index (χ3n) is 2.47. The fraction of sp³-hybridized carbons (Fsp3) is 0.417. The van der Waals surface area contributed by atoms with Crippen LogP contribution >= 0.6 is 0 Å². The third-order valence-corrected chi connectivity index (χ3v) is 2.47. The van der Waals surface area contributed by atoms with Gasteiger partial charge in [0.05, 0.1) is 6.61 Å². The summed E-state index contributed by atoms with van der Waals surface area (Å²) in [4.78, 5) is 11.2. The number of alkyl halides is 2. The van der Waals surface area contributed by atoms with Crippen LogP contribution in [0.15, 0.2) is 18.2 Å². The predicted octanol–water partition coefficient (Wildman–Crippen LogP) is 2.96. The molecule has 1 aromatic carbocycles. The molecule has 0 unspecified atom stereocenters. The Bertz CT molecular complexity index is 400. The SMILES string of the molecule is CCOC(=O)C(F)(F)c1cccc(C)c1C. The molecule has 0 aliphatic heterocycles. The largest absolute Gasteiger partial charge is 0.461 e. The van der Waals surface area contributed by atoms with Gasteiger partial charge in [0.1, 0.15) is 0 Å². The standard InChI is InChI=1S/C12H14F2O2/c1-4-16-11(15)12(13,14)10-7-5-6-8(2)9(10)3/h5-7H,4H2,1-3H3. The van der Waals surface area contributed by atoms with E-state index < -0.39 is 11.9 Å². The summed E-state index contributed by atoms with van der Waals surface area (Å²) in [6, 6.07) is 4.48. The zero-order valence-electron chi connectivity index (χ0n) is 9.51. The fourth-order valence-corrected chi connectivity index (χ4v) is 1.42. The lowest BCUT2D eigenvalue weighted by Crippen LogP contribution is -2.29. The highest BCUT2D eigenvalue weighted by Gasteiger charge is 2.43. The predicted molar refractivity (Wildman–Crippen MR) is 56.4 cm³/mol. The molecule has 0 heterocycles. The summed E-state index contributed by atoms with van der Waals surface area (Å²) in [6.07, 6.45) is 0. The Morgan fingerprint density at radius 3 is 2.56 bits per heavy atom. The van der Waals surface area contributed by atoms with Crippen LogP contribution in [0.2, 0.25) is 0 Å². The van der Waals surface area contributed by atoms with Crippen molar-refractivity contribution in [2.75, 3.05) is 6.61 Å². The van der Waals surface area contributed by atoms with Crippen molar-refractivity contribution >= 4 is 5.97 Å². The molecule has 0 saturated carbocycles. The maximum Gasteiger partial charge on any atom is 0.381 e. The lowest BCUT2D eigenvalue weighted by Gasteiger charge is -2.18. The van der Waals surface area contributed by atoms with Gasteiger partial charge in [-0.05, 0) is 31.9 Å². The van der Waals surface area contributed by atoms with Crippen molar-refractivity contribution in [2.24, 2.45) is 0 Å². The van der Waals surface area contributed by atoms with Crippen molar-refractivity contribution in [3.05, 3.63) is 34.9 Å². The van der Waals surface area contributed by atoms with Gasteiger partial charge >= 0.3 is 11.9 Å². The Labute approximate surface area is 93.2 Å². The minimum Gasteiger partial charge on any atom is -0.461 e. The molecule has 16 heavy (non-hydrogen) atoms. The number of carbonyl (C=O) groups is 1. The van der Waals surface area contributed by atoms with E-state index in [1.165, 1.54) is 19.1 Å². The summed E-state index contributed by atoms with van der Waals surface area (Å²) in [6.45, 7) is 4.73. The molecular weight excluding hydrogens is 214 g/mol. The Morgan fingerprint density at radius 1 is 1.38 bits per heavy atom. The van der Waals surface area contributed by atoms with Crippen molar-refractivity contribution in [3.63, 3.8) is 0 Å². The lowest BCUT2D eigenvalue weighted by atomic mass is 9.98. The molecule has 0 aromatic heterocycles. The summed E-state index contributed by atoms with van der Waals surface area (Å²) in [5.74, 6) is -5.07. The lowest BCUT2D eigenvalue weighted by molar-refractivity contribution is -0.173. The van der Waals surface area contributed by atoms with Crippen LogP contribution in [0.25, 0.3) is 0 Å². The van der Waals surface area contributed by atoms with Crippen molar-refractivity contribution < 1.29 is 18.3 Å². The number of carbonyl (C=O) groups excluding carboxylic acids is 1. The summed E-state index contributed by atoms with van der Waals surface area (Å²) in [7, 11) is 0. The Morgan fingerprint density at radius 2 is 2.00 bits per heavy atom. The molecule has 0 bridgehead atoms. The molecule has 0 fully saturated rings. The van der Waals surface area contributed by atoms with E-state index in [0.29, 0.717) is 5.56 Å². The number of hydrogen-bond donors (Lipinski definition) is 0. The summed E-state index contributed by atoms with van der Waals surface area (Å²) in [5.41, 5.74) is 0.855. The number of esters is 1. The zero-order valence-corrected chi connectivity index (χ0v) is 9.51. The Kier molecular flexibility index (Phi) is 3.62. The number of halogens is 2. The average Bonchev–Trinajstić information content (AvgIpc) is 2.22. The van der Waals surface area contributed by atoms with E-state index in [1.54, 1.807) is 19.9 Å². The van der Waals surface area contributed by atoms with Crippen LogP contribution in [0.5, 0.6) is 0 Å². The van der Waals surface area contributed by atoms with Gasteiger partial charge < -0.3 is 4.74 Å². The summed E-state index contributed by atoms with van der Waals surface area (Å²) < 4.78 is 31.8. The molecular formula is C12H14F2O2. The maximum atomic E-state index is 13.7.